The van der Waals surface area contributed by atoms with E-state index in [9.17, 15) is 0 Å². The van der Waals surface area contributed by atoms with Crippen molar-refractivity contribution < 1.29 is 0 Å². The topological polar surface area (TPSA) is 100 Å². The van der Waals surface area contributed by atoms with Crippen LogP contribution in [-0.2, 0) is 0 Å². The molecule has 0 spiro atoms. The standard InChI is InChI=1S/C3H12N5P/c1-7-3(4)8-9(2,5)6/h1-2H3,(H6,4,5,6,7,8). The number of hydrogen-bond acceptors (Lipinski definition) is 2. The van der Waals surface area contributed by atoms with E-state index in [0.29, 0.717) is 0 Å². The highest BCUT2D eigenvalue weighted by atomic mass is 31.2. The molecule has 0 aliphatic rings. The van der Waals surface area contributed by atoms with Crippen LogP contribution < -0.4 is 16.3 Å². The fraction of sp³-hybridized carbons (Fsp3) is 0.667. The summed E-state index contributed by atoms with van der Waals surface area (Å²) in [6.07, 6.45) is 0. The van der Waals surface area contributed by atoms with Gasteiger partial charge < -0.3 is 10.8 Å². The maximum atomic E-state index is 7.18. The van der Waals surface area contributed by atoms with E-state index >= 15 is 0 Å². The SMILES string of the molecule is CN=C(N)NP(C)(=N)N. The first-order valence-electron chi connectivity index (χ1n) is 2.36. The predicted molar refractivity (Wildman–Crippen MR) is 40.4 cm³/mol. The van der Waals surface area contributed by atoms with Crippen LogP contribution in [0, 0.1) is 5.16 Å². The van der Waals surface area contributed by atoms with Gasteiger partial charge in [-0.25, -0.2) is 0 Å². The van der Waals surface area contributed by atoms with Gasteiger partial charge in [-0.05, 0) is 0 Å². The molecule has 0 aromatic rings. The lowest BCUT2D eigenvalue weighted by Gasteiger charge is -2.11. The molecule has 0 bridgehead atoms. The molecular formula is C3H12N5P. The largest absolute Gasteiger partial charge is 0.370 e. The maximum absolute atomic E-state index is 7.18. The number of hydrogen-bond donors (Lipinski definition) is 4. The quantitative estimate of drug-likeness (QED) is 0.234. The second-order valence-corrected chi connectivity index (χ2v) is 4.17. The number of nitrogens with zero attached hydrogens (tertiary/aromatic N) is 1. The van der Waals surface area contributed by atoms with Crippen molar-refractivity contribution in [3.05, 3.63) is 0 Å². The van der Waals surface area contributed by atoms with E-state index in [0.717, 1.165) is 0 Å². The molecule has 0 amide bonds. The Balaban J connectivity index is 3.90. The van der Waals surface area contributed by atoms with Crippen molar-refractivity contribution in [2.45, 2.75) is 0 Å². The number of nitrogens with one attached hydrogen (secondary N) is 2. The van der Waals surface area contributed by atoms with Crippen molar-refractivity contribution in [1.82, 2.24) is 5.09 Å². The highest BCUT2D eigenvalue weighted by molar-refractivity contribution is 7.60. The third-order valence-electron chi connectivity index (χ3n) is 0.588. The minimum Gasteiger partial charge on any atom is -0.370 e. The van der Waals surface area contributed by atoms with Crippen LogP contribution in [0.25, 0.3) is 0 Å². The smallest absolute Gasteiger partial charge is 0.193 e. The van der Waals surface area contributed by atoms with Gasteiger partial charge in [0.1, 0.15) is 7.36 Å². The Morgan fingerprint density at radius 1 is 1.78 bits per heavy atom. The molecule has 1 unspecified atom stereocenters. The van der Waals surface area contributed by atoms with E-state index in [4.69, 9.17) is 16.4 Å². The molecule has 1 atom stereocenters. The Morgan fingerprint density at radius 3 is 2.33 bits per heavy atom. The van der Waals surface area contributed by atoms with E-state index in [1.54, 1.807) is 6.66 Å². The molecule has 0 aromatic heterocycles. The summed E-state index contributed by atoms with van der Waals surface area (Å²) in [6.45, 7) is 1.59. The average Bonchev–Trinajstić information content (AvgIpc) is 1.62. The molecule has 0 radical (unpaired) electrons. The fourth-order valence-corrected chi connectivity index (χ4v) is 0.864. The van der Waals surface area contributed by atoms with E-state index in [1.807, 2.05) is 0 Å². The molecule has 0 heterocycles. The first kappa shape index (κ1) is 8.46. The summed E-state index contributed by atoms with van der Waals surface area (Å²) in [5.41, 5.74) is 10.5. The van der Waals surface area contributed by atoms with Crippen LogP contribution >= 0.6 is 7.36 Å². The first-order valence-corrected chi connectivity index (χ1v) is 4.67. The van der Waals surface area contributed by atoms with Gasteiger partial charge in [0.05, 0.1) is 0 Å². The molecule has 6 heteroatoms. The van der Waals surface area contributed by atoms with E-state index < -0.39 is 7.36 Å². The Morgan fingerprint density at radius 2 is 2.22 bits per heavy atom. The normalized spacial score (nSPS) is 18.8. The summed E-state index contributed by atoms with van der Waals surface area (Å²) in [4.78, 5) is 3.58. The molecule has 6 N–H and O–H groups in total. The lowest BCUT2D eigenvalue weighted by Crippen LogP contribution is -2.30. The van der Waals surface area contributed by atoms with Crippen molar-refractivity contribution in [2.75, 3.05) is 13.7 Å². The summed E-state index contributed by atoms with van der Waals surface area (Å²) in [5, 5.41) is 9.73. The minimum atomic E-state index is -2.24. The van der Waals surface area contributed by atoms with Crippen LogP contribution in [0.3, 0.4) is 0 Å². The first-order chi connectivity index (χ1) is 3.95. The minimum absolute atomic E-state index is 0.225. The Hall–Kier alpha value is -0.540. The van der Waals surface area contributed by atoms with Crippen molar-refractivity contribution in [2.24, 2.45) is 16.2 Å². The van der Waals surface area contributed by atoms with Gasteiger partial charge in [0.2, 0.25) is 0 Å². The molecule has 0 saturated heterocycles. The van der Waals surface area contributed by atoms with Crippen molar-refractivity contribution in [3.63, 3.8) is 0 Å². The van der Waals surface area contributed by atoms with Crippen LogP contribution in [0.1, 0.15) is 0 Å². The summed E-state index contributed by atoms with van der Waals surface area (Å²) >= 11 is 0. The van der Waals surface area contributed by atoms with Crippen molar-refractivity contribution >= 4 is 13.3 Å². The molecule has 0 aliphatic heterocycles. The highest BCUT2D eigenvalue weighted by Crippen LogP contribution is 2.23. The van der Waals surface area contributed by atoms with Gasteiger partial charge in [-0.1, -0.05) is 0 Å². The lowest BCUT2D eigenvalue weighted by molar-refractivity contribution is 1.26. The lowest BCUT2D eigenvalue weighted by atomic mass is 11.1. The second-order valence-electron chi connectivity index (χ2n) is 1.80. The number of aliphatic imine (C=N–C) groups is 1. The van der Waals surface area contributed by atoms with Gasteiger partial charge in [0.15, 0.2) is 5.96 Å². The zero-order chi connectivity index (χ0) is 7.49. The van der Waals surface area contributed by atoms with Gasteiger partial charge in [0, 0.05) is 13.7 Å². The van der Waals surface area contributed by atoms with Gasteiger partial charge in [-0.15, -0.1) is 0 Å². The van der Waals surface area contributed by atoms with Crippen molar-refractivity contribution in [1.29, 1.82) is 5.16 Å². The molecule has 0 aromatic carbocycles. The van der Waals surface area contributed by atoms with Crippen LogP contribution in [0.5, 0.6) is 0 Å². The molecule has 5 nitrogen and oxygen atoms in total. The molecule has 0 fully saturated rings. The van der Waals surface area contributed by atoms with E-state index in [1.165, 1.54) is 7.05 Å². The van der Waals surface area contributed by atoms with Gasteiger partial charge >= 0.3 is 0 Å². The maximum Gasteiger partial charge on any atom is 0.193 e. The van der Waals surface area contributed by atoms with Crippen molar-refractivity contribution in [3.8, 4) is 0 Å². The number of guanidine groups is 1. The molecular weight excluding hydrogens is 137 g/mol. The number of nitrogens with two attached hydrogens (primary N) is 2. The molecule has 0 saturated carbocycles. The highest BCUT2D eigenvalue weighted by Gasteiger charge is 2.00. The van der Waals surface area contributed by atoms with Crippen LogP contribution in [0.2, 0.25) is 0 Å². The van der Waals surface area contributed by atoms with E-state index in [-0.39, 0.29) is 5.96 Å². The summed E-state index contributed by atoms with van der Waals surface area (Å²) in [7, 11) is -0.704. The monoisotopic (exact) mass is 149 g/mol. The zero-order valence-corrected chi connectivity index (χ0v) is 6.44. The molecule has 0 aliphatic carbocycles. The summed E-state index contributed by atoms with van der Waals surface area (Å²) in [6, 6.07) is 0. The fourth-order valence-electron chi connectivity index (χ4n) is 0.288. The van der Waals surface area contributed by atoms with Gasteiger partial charge in [-0.2, -0.15) is 0 Å². The molecule has 9 heavy (non-hydrogen) atoms. The van der Waals surface area contributed by atoms with Gasteiger partial charge in [-0.3, -0.25) is 15.7 Å². The van der Waals surface area contributed by atoms with Gasteiger partial charge in [0.25, 0.3) is 0 Å². The average molecular weight is 149 g/mol. The van der Waals surface area contributed by atoms with E-state index in [2.05, 4.69) is 10.1 Å². The Labute approximate surface area is 54.5 Å². The summed E-state index contributed by atoms with van der Waals surface area (Å²) < 4.78 is 0. The van der Waals surface area contributed by atoms with Crippen LogP contribution in [0.4, 0.5) is 0 Å². The van der Waals surface area contributed by atoms with Crippen LogP contribution in [-0.4, -0.2) is 19.7 Å². The zero-order valence-electron chi connectivity index (χ0n) is 5.55. The predicted octanol–water partition coefficient (Wildman–Crippen LogP) is -0.281. The van der Waals surface area contributed by atoms with Crippen LogP contribution in [0.15, 0.2) is 4.99 Å². The third kappa shape index (κ3) is 5.33. The summed E-state index contributed by atoms with van der Waals surface area (Å²) in [5.74, 6) is 0.225. The Bertz CT molecular complexity index is 156. The Kier molecular flexibility index (Phi) is 2.67. The molecule has 54 valence electrons. The number of rotatable bonds is 1. The molecule has 0 rings (SSSR count). The second kappa shape index (κ2) is 2.85. The third-order valence-corrected chi connectivity index (χ3v) is 1.28.